The van der Waals surface area contributed by atoms with Gasteiger partial charge in [-0.05, 0) is 24.9 Å². The number of carbonyl (C=O) groups is 1. The van der Waals surface area contributed by atoms with Crippen LogP contribution in [-0.4, -0.2) is 24.6 Å². The predicted octanol–water partition coefficient (Wildman–Crippen LogP) is 0.302. The first-order valence-electron chi connectivity index (χ1n) is 3.54. The summed E-state index contributed by atoms with van der Waals surface area (Å²) in [6.45, 7) is 0.698. The normalized spacial score (nSPS) is 9.27. The molecule has 0 radical (unpaired) electrons. The van der Waals surface area contributed by atoms with Crippen molar-refractivity contribution >= 4 is 17.8 Å². The third-order valence-corrected chi connectivity index (χ3v) is 1.89. The Bertz CT molecular complexity index is 110. The number of unbranched alkanes of at least 4 members (excludes halogenated alkanes) is 1. The minimum atomic E-state index is -0.311. The van der Waals surface area contributed by atoms with Gasteiger partial charge in [-0.1, -0.05) is 0 Å². The van der Waals surface area contributed by atoms with Gasteiger partial charge in [0.15, 0.2) is 0 Å². The van der Waals surface area contributed by atoms with Gasteiger partial charge in [-0.15, -0.1) is 0 Å². The lowest BCUT2D eigenvalue weighted by atomic mass is 10.3. The summed E-state index contributed by atoms with van der Waals surface area (Å²) in [4.78, 5) is 10.5. The Balaban J connectivity index is 2.95. The standard InChI is InChI=1S/C6H15N3OS/c1-11-5-3-2-4-8-6(10)9-7/h2-5,7H2,1H3,(H2,8,9,10). The van der Waals surface area contributed by atoms with Crippen molar-refractivity contribution in [1.29, 1.82) is 0 Å². The highest BCUT2D eigenvalue weighted by atomic mass is 32.2. The molecule has 0 fully saturated rings. The zero-order valence-electron chi connectivity index (χ0n) is 6.72. The van der Waals surface area contributed by atoms with E-state index in [1.807, 2.05) is 17.2 Å². The number of carbonyl (C=O) groups excluding carboxylic acids is 1. The van der Waals surface area contributed by atoms with Gasteiger partial charge in [0.25, 0.3) is 0 Å². The molecule has 2 amide bonds. The largest absolute Gasteiger partial charge is 0.337 e. The first-order chi connectivity index (χ1) is 5.31. The summed E-state index contributed by atoms with van der Waals surface area (Å²) in [6, 6.07) is -0.311. The van der Waals surface area contributed by atoms with Crippen molar-refractivity contribution in [1.82, 2.24) is 10.7 Å². The van der Waals surface area contributed by atoms with E-state index in [0.717, 1.165) is 18.6 Å². The van der Waals surface area contributed by atoms with Gasteiger partial charge < -0.3 is 5.32 Å². The van der Waals surface area contributed by atoms with E-state index >= 15 is 0 Å². The van der Waals surface area contributed by atoms with Gasteiger partial charge in [-0.2, -0.15) is 11.8 Å². The fourth-order valence-electron chi connectivity index (χ4n) is 0.624. The summed E-state index contributed by atoms with van der Waals surface area (Å²) in [5.41, 5.74) is 2.00. The molecule has 0 aromatic rings. The van der Waals surface area contributed by atoms with Crippen molar-refractivity contribution in [2.45, 2.75) is 12.8 Å². The number of amides is 2. The van der Waals surface area contributed by atoms with Gasteiger partial charge in [0.1, 0.15) is 0 Å². The van der Waals surface area contributed by atoms with Gasteiger partial charge in [0, 0.05) is 6.54 Å². The molecule has 66 valence electrons. The average Bonchev–Trinajstić information content (AvgIpc) is 2.04. The molecule has 5 heteroatoms. The summed E-state index contributed by atoms with van der Waals surface area (Å²) in [7, 11) is 0. The fourth-order valence-corrected chi connectivity index (χ4v) is 1.12. The van der Waals surface area contributed by atoms with Crippen LogP contribution in [0.15, 0.2) is 0 Å². The number of thioether (sulfide) groups is 1. The highest BCUT2D eigenvalue weighted by Gasteiger charge is 1.93. The van der Waals surface area contributed by atoms with Crippen LogP contribution in [0.4, 0.5) is 4.79 Å². The quantitative estimate of drug-likeness (QED) is 0.245. The predicted molar refractivity (Wildman–Crippen MR) is 48.3 cm³/mol. The second-order valence-electron chi connectivity index (χ2n) is 2.10. The Morgan fingerprint density at radius 2 is 2.27 bits per heavy atom. The Morgan fingerprint density at radius 3 is 2.82 bits per heavy atom. The van der Waals surface area contributed by atoms with E-state index in [9.17, 15) is 4.79 Å². The van der Waals surface area contributed by atoms with Crippen LogP contribution in [0.1, 0.15) is 12.8 Å². The maximum absolute atomic E-state index is 10.5. The average molecular weight is 177 g/mol. The molecule has 0 saturated carbocycles. The summed E-state index contributed by atoms with van der Waals surface area (Å²) in [5, 5.41) is 2.61. The number of hydrazine groups is 1. The molecule has 0 aliphatic rings. The number of nitrogens with one attached hydrogen (secondary N) is 2. The molecule has 0 aromatic heterocycles. The number of nitrogens with two attached hydrogens (primary N) is 1. The highest BCUT2D eigenvalue weighted by Crippen LogP contribution is 1.97. The molecule has 0 atom stereocenters. The Labute approximate surface area is 71.3 Å². The monoisotopic (exact) mass is 177 g/mol. The molecule has 11 heavy (non-hydrogen) atoms. The van der Waals surface area contributed by atoms with Crippen molar-refractivity contribution in [2.24, 2.45) is 5.84 Å². The Morgan fingerprint density at radius 1 is 1.55 bits per heavy atom. The van der Waals surface area contributed by atoms with Crippen LogP contribution in [0.2, 0.25) is 0 Å². The zero-order valence-corrected chi connectivity index (χ0v) is 7.54. The van der Waals surface area contributed by atoms with Crippen LogP contribution in [0.25, 0.3) is 0 Å². The van der Waals surface area contributed by atoms with Crippen LogP contribution in [-0.2, 0) is 0 Å². The number of urea groups is 1. The highest BCUT2D eigenvalue weighted by molar-refractivity contribution is 7.98. The van der Waals surface area contributed by atoms with E-state index in [2.05, 4.69) is 11.6 Å². The molecule has 0 spiro atoms. The first kappa shape index (κ1) is 10.6. The topological polar surface area (TPSA) is 67.2 Å². The van der Waals surface area contributed by atoms with Crippen molar-refractivity contribution in [2.75, 3.05) is 18.6 Å². The number of hydrogen-bond acceptors (Lipinski definition) is 3. The number of hydrogen-bond donors (Lipinski definition) is 3. The molecule has 4 nitrogen and oxygen atoms in total. The fraction of sp³-hybridized carbons (Fsp3) is 0.833. The lowest BCUT2D eigenvalue weighted by Gasteiger charge is -2.02. The van der Waals surface area contributed by atoms with Crippen LogP contribution < -0.4 is 16.6 Å². The third kappa shape index (κ3) is 7.48. The molecule has 4 N–H and O–H groups in total. The number of rotatable bonds is 5. The van der Waals surface area contributed by atoms with E-state index in [0.29, 0.717) is 6.54 Å². The SMILES string of the molecule is CSCCCCNC(=O)NN. The first-order valence-corrected chi connectivity index (χ1v) is 4.94. The lowest BCUT2D eigenvalue weighted by Crippen LogP contribution is -2.40. The maximum atomic E-state index is 10.5. The summed E-state index contributed by atoms with van der Waals surface area (Å²) >= 11 is 1.81. The lowest BCUT2D eigenvalue weighted by molar-refractivity contribution is 0.241. The van der Waals surface area contributed by atoms with Crippen molar-refractivity contribution < 1.29 is 4.79 Å². The summed E-state index contributed by atoms with van der Waals surface area (Å²) in [6.07, 6.45) is 4.21. The van der Waals surface area contributed by atoms with Crippen LogP contribution in [0, 0.1) is 0 Å². The molecular formula is C6H15N3OS. The zero-order chi connectivity index (χ0) is 8.53. The van der Waals surface area contributed by atoms with Gasteiger partial charge >= 0.3 is 6.03 Å². The van der Waals surface area contributed by atoms with Crippen molar-refractivity contribution in [3.05, 3.63) is 0 Å². The minimum absolute atomic E-state index is 0.311. The van der Waals surface area contributed by atoms with E-state index in [-0.39, 0.29) is 6.03 Å². The smallest absolute Gasteiger partial charge is 0.328 e. The van der Waals surface area contributed by atoms with Gasteiger partial charge in [0.2, 0.25) is 0 Å². The minimum Gasteiger partial charge on any atom is -0.337 e. The molecule has 0 rings (SSSR count). The van der Waals surface area contributed by atoms with Gasteiger partial charge in [-0.25, -0.2) is 10.6 Å². The Hall–Kier alpha value is -0.420. The van der Waals surface area contributed by atoms with Gasteiger partial charge in [-0.3, -0.25) is 5.43 Å². The van der Waals surface area contributed by atoms with Gasteiger partial charge in [0.05, 0.1) is 0 Å². The molecule has 0 aliphatic carbocycles. The second-order valence-corrected chi connectivity index (χ2v) is 3.09. The molecule has 0 aromatic carbocycles. The molecule has 0 aliphatic heterocycles. The third-order valence-electron chi connectivity index (χ3n) is 1.19. The van der Waals surface area contributed by atoms with Crippen LogP contribution >= 0.6 is 11.8 Å². The molecule has 0 saturated heterocycles. The summed E-state index contributed by atoms with van der Waals surface area (Å²) < 4.78 is 0. The van der Waals surface area contributed by atoms with E-state index in [1.54, 1.807) is 0 Å². The van der Waals surface area contributed by atoms with Crippen molar-refractivity contribution in [3.8, 4) is 0 Å². The molecule has 0 unspecified atom stereocenters. The maximum Gasteiger partial charge on any atom is 0.328 e. The second kappa shape index (κ2) is 7.68. The summed E-state index contributed by atoms with van der Waals surface area (Å²) in [5.74, 6) is 5.99. The molecular weight excluding hydrogens is 162 g/mol. The van der Waals surface area contributed by atoms with Crippen molar-refractivity contribution in [3.63, 3.8) is 0 Å². The molecule has 0 bridgehead atoms. The van der Waals surface area contributed by atoms with E-state index in [4.69, 9.17) is 5.84 Å². The van der Waals surface area contributed by atoms with E-state index in [1.165, 1.54) is 0 Å². The van der Waals surface area contributed by atoms with Crippen LogP contribution in [0.3, 0.4) is 0 Å². The Kier molecular flexibility index (Phi) is 7.39. The van der Waals surface area contributed by atoms with E-state index < -0.39 is 0 Å². The molecule has 0 heterocycles. The van der Waals surface area contributed by atoms with Crippen LogP contribution in [0.5, 0.6) is 0 Å².